The van der Waals surface area contributed by atoms with Gasteiger partial charge in [-0.15, -0.1) is 11.6 Å². The number of thioether (sulfide) groups is 3. The first-order chi connectivity index (χ1) is 41.8. The van der Waals surface area contributed by atoms with Gasteiger partial charge in [-0.3, -0.25) is 9.80 Å². The number of fused-ring (bicyclic) bond motifs is 2. The Balaban J connectivity index is 0.000000297. The SMILES string of the molecule is CC(C)(C)OC(=O)N1[C@@H](CSCc2ccccc2)COC1(C)C.CCC1COC(C)(C)N1C(=O)OC(C)(C)C.CCl.Nc1ncnc2c1CC=C2.Nc1ncnc2c1CC=C2CN[C@H](CO)CSCc1ccccc1.[Cl-].[NH3+][C@H](CO)CSCc1ccccc1. The minimum absolute atomic E-state index is 0. The zero-order valence-corrected chi connectivity index (χ0v) is 58.1. The fourth-order valence-electron chi connectivity index (χ4n) is 9.20. The lowest BCUT2D eigenvalue weighted by atomic mass is 10.2. The summed E-state index contributed by atoms with van der Waals surface area (Å²) in [6, 6.07) is 31.4. The molecule has 0 bridgehead atoms. The lowest BCUT2D eigenvalue weighted by Crippen LogP contribution is -3.00. The number of anilines is 2. The van der Waals surface area contributed by atoms with Gasteiger partial charge in [0.15, 0.2) is 0 Å². The summed E-state index contributed by atoms with van der Waals surface area (Å²) in [4.78, 5) is 44.4. The summed E-state index contributed by atoms with van der Waals surface area (Å²) in [5.41, 5.74) is 22.2. The number of nitrogens with two attached hydrogens (primary N) is 2. The second kappa shape index (κ2) is 39.3. The van der Waals surface area contributed by atoms with Gasteiger partial charge in [-0.2, -0.15) is 35.3 Å². The number of nitrogen functional groups attached to an aromatic ring is 2. The third-order valence-corrected chi connectivity index (χ3v) is 17.2. The second-order valence-corrected chi connectivity index (χ2v) is 27.1. The third-order valence-electron chi connectivity index (χ3n) is 13.6. The van der Waals surface area contributed by atoms with E-state index in [-0.39, 0.29) is 62.0 Å². The molecule has 492 valence electrons. The van der Waals surface area contributed by atoms with Crippen LogP contribution in [0.4, 0.5) is 21.2 Å². The Kier molecular flexibility index (Phi) is 34.5. The molecule has 2 aliphatic heterocycles. The van der Waals surface area contributed by atoms with E-state index in [9.17, 15) is 14.7 Å². The van der Waals surface area contributed by atoms with Crippen molar-refractivity contribution in [3.05, 3.63) is 155 Å². The van der Waals surface area contributed by atoms with Crippen molar-refractivity contribution < 1.29 is 56.9 Å². The van der Waals surface area contributed by atoms with Crippen LogP contribution >= 0.6 is 46.9 Å². The molecule has 0 spiro atoms. The predicted molar refractivity (Wildman–Crippen MR) is 364 cm³/mol. The Bertz CT molecular complexity index is 2910. The monoisotopic (exact) mass is 1320 g/mol. The number of rotatable bonds is 18. The van der Waals surface area contributed by atoms with Crippen LogP contribution in [0, 0.1) is 0 Å². The van der Waals surface area contributed by atoms with Gasteiger partial charge in [-0.05, 0) is 117 Å². The molecule has 2 amide bonds. The highest BCUT2D eigenvalue weighted by atomic mass is 35.5. The summed E-state index contributed by atoms with van der Waals surface area (Å²) >= 11 is 10.1. The van der Waals surface area contributed by atoms with E-state index in [0.717, 1.165) is 81.9 Å². The first-order valence-corrected chi connectivity index (χ1v) is 33.9. The number of hydrogen-bond donors (Lipinski definition) is 6. The van der Waals surface area contributed by atoms with E-state index in [1.54, 1.807) is 9.80 Å². The largest absolute Gasteiger partial charge is 1.00 e. The normalized spacial score (nSPS) is 17.1. The number of quaternary nitrogens is 1. The van der Waals surface area contributed by atoms with Crippen LogP contribution in [0.1, 0.15) is 122 Å². The van der Waals surface area contributed by atoms with Gasteiger partial charge in [0.2, 0.25) is 0 Å². The molecule has 0 radical (unpaired) electrons. The van der Waals surface area contributed by atoms with Crippen LogP contribution in [0.3, 0.4) is 0 Å². The van der Waals surface area contributed by atoms with Crippen LogP contribution in [-0.2, 0) is 49.0 Å². The van der Waals surface area contributed by atoms with E-state index >= 15 is 0 Å². The number of amides is 2. The maximum atomic E-state index is 12.5. The number of hydrogen-bond acceptors (Lipinski definition) is 18. The van der Waals surface area contributed by atoms with Gasteiger partial charge in [-0.1, -0.05) is 110 Å². The number of aliphatic hydroxyl groups is 2. The Labute approximate surface area is 553 Å². The molecule has 1 unspecified atom stereocenters. The summed E-state index contributed by atoms with van der Waals surface area (Å²) in [7, 11) is 0. The lowest BCUT2D eigenvalue weighted by molar-refractivity contribution is -0.417. The highest BCUT2D eigenvalue weighted by Gasteiger charge is 2.46. The Morgan fingerprint density at radius 1 is 0.697 bits per heavy atom. The molecule has 23 heteroatoms. The van der Waals surface area contributed by atoms with Crippen molar-refractivity contribution in [3.8, 4) is 0 Å². The van der Waals surface area contributed by atoms with E-state index in [1.165, 1.54) is 35.7 Å². The van der Waals surface area contributed by atoms with E-state index in [4.69, 9.17) is 35.5 Å². The molecular weight excluding hydrogens is 1230 g/mol. The van der Waals surface area contributed by atoms with E-state index in [2.05, 4.69) is 97.2 Å². The number of carbonyl (C=O) groups excluding carboxylic acids is 2. The summed E-state index contributed by atoms with van der Waals surface area (Å²) in [6.45, 7) is 23.0. The molecule has 89 heavy (non-hydrogen) atoms. The number of aliphatic hydroxyl groups excluding tert-OH is 2. The van der Waals surface area contributed by atoms with Crippen molar-refractivity contribution >= 4 is 82.4 Å². The molecule has 3 aromatic carbocycles. The van der Waals surface area contributed by atoms with Gasteiger partial charge >= 0.3 is 12.2 Å². The summed E-state index contributed by atoms with van der Waals surface area (Å²) in [6.07, 6.45) is 12.6. The Hall–Kier alpha value is -5.17. The average Bonchev–Trinajstić information content (AvgIpc) is 1.89. The third kappa shape index (κ3) is 27.3. The molecule has 2 saturated heterocycles. The lowest BCUT2D eigenvalue weighted by Gasteiger charge is -2.35. The number of alkyl halides is 1. The van der Waals surface area contributed by atoms with Crippen molar-refractivity contribution in [2.24, 2.45) is 0 Å². The highest BCUT2D eigenvalue weighted by Crippen LogP contribution is 2.33. The number of benzene rings is 3. The fraction of sp³-hybridized carbons (Fsp3) is 0.515. The average molecular weight is 1330 g/mol. The minimum atomic E-state index is -0.625. The van der Waals surface area contributed by atoms with E-state index in [1.807, 2.05) is 166 Å². The van der Waals surface area contributed by atoms with Crippen LogP contribution < -0.4 is 34.9 Å². The Morgan fingerprint density at radius 3 is 1.63 bits per heavy atom. The van der Waals surface area contributed by atoms with Gasteiger partial charge in [0.05, 0.1) is 49.9 Å². The van der Waals surface area contributed by atoms with Crippen molar-refractivity contribution in [2.45, 2.75) is 160 Å². The fourth-order valence-corrected chi connectivity index (χ4v) is 12.3. The number of allylic oxidation sites excluding steroid dienone is 2. The molecule has 0 saturated carbocycles. The molecule has 5 aromatic rings. The zero-order valence-electron chi connectivity index (χ0n) is 54.1. The molecule has 4 atom stereocenters. The molecular formula is C66H98Cl2N10O8S3. The van der Waals surface area contributed by atoms with Crippen LogP contribution in [0.15, 0.2) is 116 Å². The van der Waals surface area contributed by atoms with E-state index < -0.39 is 22.7 Å². The standard InChI is InChI=1S/C18H22N4OS.C18H27NO3S.C12H23NO3.C10H15NOS.C7H7N3.CH3Cl.ClH/c19-18-16-7-6-14(17(16)21-12-22-18)8-20-15(9-23)11-24-10-13-4-2-1-3-5-13;1-17(2,3)22-16(20)19-15(11-21-18(19,4)5)13-23-12-14-9-7-6-8-10-14;1-7-9-8-15-12(5,6)13(9)10(14)16-11(2,3)4;11-10(6-12)8-13-7-9-4-2-1-3-5-9;8-7-5-2-1-3-6(5)9-4-10-7;1-2;/h1-6,12,15,20,23H,7-11H2,(H2,19,21,22);6-10,15H,11-13H2,1-5H3;9H,7-8H2,1-6H3;1-5,10,12H,6-8,11H2;1,3-4H,2H2,(H2,8,9,10);1H3;1H/t2*15-;;10-;;;/m11.1.../s1. The van der Waals surface area contributed by atoms with Gasteiger partial charge in [-0.25, -0.2) is 29.5 Å². The highest BCUT2D eigenvalue weighted by molar-refractivity contribution is 7.99. The first-order valence-electron chi connectivity index (χ1n) is 29.7. The molecule has 4 aliphatic rings. The van der Waals surface area contributed by atoms with Crippen molar-refractivity contribution in [3.63, 3.8) is 0 Å². The second-order valence-electron chi connectivity index (χ2n) is 24.0. The van der Waals surface area contributed by atoms with Crippen LogP contribution in [0.2, 0.25) is 0 Å². The maximum absolute atomic E-state index is 12.5. The van der Waals surface area contributed by atoms with Crippen LogP contribution in [-0.4, -0.2) is 156 Å². The summed E-state index contributed by atoms with van der Waals surface area (Å²) < 4.78 is 22.4. The minimum Gasteiger partial charge on any atom is -1.00 e. The molecule has 2 fully saturated rings. The van der Waals surface area contributed by atoms with Gasteiger partial charge < -0.3 is 64.1 Å². The summed E-state index contributed by atoms with van der Waals surface area (Å²) in [5.74, 6) is 6.67. The number of ether oxygens (including phenoxy) is 4. The molecule has 9 rings (SSSR count). The van der Waals surface area contributed by atoms with Crippen molar-refractivity contribution in [2.75, 3.05) is 68.1 Å². The molecule has 4 heterocycles. The van der Waals surface area contributed by atoms with Crippen molar-refractivity contribution in [1.29, 1.82) is 0 Å². The molecule has 2 aliphatic carbocycles. The smallest absolute Gasteiger partial charge is 0.412 e. The van der Waals surface area contributed by atoms with Gasteiger partial charge in [0.25, 0.3) is 0 Å². The van der Waals surface area contributed by atoms with Crippen molar-refractivity contribution in [1.82, 2.24) is 35.1 Å². The quantitative estimate of drug-likeness (QED) is 0.0455. The van der Waals surface area contributed by atoms with Crippen LogP contribution in [0.5, 0.6) is 0 Å². The number of nitrogens with one attached hydrogen (secondary N) is 1. The first kappa shape index (κ1) is 78.1. The molecule has 2 aromatic heterocycles. The summed E-state index contributed by atoms with van der Waals surface area (Å²) in [5, 5.41) is 21.8. The topological polar surface area (TPSA) is 261 Å². The number of carbonyl (C=O) groups is 2. The molecule has 10 N–H and O–H groups in total. The zero-order chi connectivity index (χ0) is 64.9. The predicted octanol–water partition coefficient (Wildman–Crippen LogP) is 7.95. The van der Waals surface area contributed by atoms with Gasteiger partial charge in [0.1, 0.15) is 53.0 Å². The number of nitrogens with zero attached hydrogens (tertiary/aromatic N) is 6. The van der Waals surface area contributed by atoms with Crippen LogP contribution in [0.25, 0.3) is 11.6 Å². The Morgan fingerprint density at radius 2 is 1.16 bits per heavy atom. The van der Waals surface area contributed by atoms with E-state index in [0.29, 0.717) is 31.4 Å². The van der Waals surface area contributed by atoms with Gasteiger partial charge in [0, 0.05) is 64.6 Å². The molecule has 18 nitrogen and oxygen atoms in total. The number of aromatic nitrogens is 4. The maximum Gasteiger partial charge on any atom is 0.412 e. The number of halogens is 2.